The van der Waals surface area contributed by atoms with Crippen molar-refractivity contribution in [2.24, 2.45) is 5.14 Å². The van der Waals surface area contributed by atoms with E-state index in [1.165, 1.54) is 12.2 Å². The van der Waals surface area contributed by atoms with E-state index < -0.39 is 15.3 Å². The van der Waals surface area contributed by atoms with Crippen molar-refractivity contribution in [2.75, 3.05) is 0 Å². The molecule has 0 heterocycles. The number of rotatable bonds is 4. The van der Waals surface area contributed by atoms with E-state index in [1.54, 1.807) is 0 Å². The fraction of sp³-hybridized carbons (Fsp3) is 0.333. The molecule has 0 aliphatic rings. The van der Waals surface area contributed by atoms with Crippen molar-refractivity contribution in [1.29, 1.82) is 0 Å². The van der Waals surface area contributed by atoms with Crippen molar-refractivity contribution in [2.45, 2.75) is 11.7 Å². The molecule has 58 valence electrons. The van der Waals surface area contributed by atoms with Crippen LogP contribution in [0.2, 0.25) is 0 Å². The number of hydrogen-bond donors (Lipinski definition) is 1. The van der Waals surface area contributed by atoms with Crippen LogP contribution in [0.3, 0.4) is 0 Å². The first kappa shape index (κ1) is 9.39. The third-order valence-corrected chi connectivity index (χ3v) is 2.31. The predicted molar refractivity (Wildman–Crippen MR) is 41.9 cm³/mol. The van der Waals surface area contributed by atoms with Crippen molar-refractivity contribution in [3.63, 3.8) is 0 Å². The van der Waals surface area contributed by atoms with E-state index in [0.717, 1.165) is 0 Å². The van der Waals surface area contributed by atoms with E-state index in [4.69, 9.17) is 5.14 Å². The lowest BCUT2D eigenvalue weighted by atomic mass is 10.3. The van der Waals surface area contributed by atoms with Crippen LogP contribution in [-0.2, 0) is 10.0 Å². The van der Waals surface area contributed by atoms with Gasteiger partial charge in [-0.1, -0.05) is 12.2 Å². The number of primary sulfonamides is 1. The first-order valence-electron chi connectivity index (χ1n) is 2.77. The average molecular weight is 161 g/mol. The molecule has 2 N–H and O–H groups in total. The van der Waals surface area contributed by atoms with Gasteiger partial charge in [-0.3, -0.25) is 0 Å². The molecular weight excluding hydrogens is 150 g/mol. The Kier molecular flexibility index (Phi) is 3.32. The van der Waals surface area contributed by atoms with Gasteiger partial charge < -0.3 is 0 Å². The monoisotopic (exact) mass is 161 g/mol. The fourth-order valence-corrected chi connectivity index (χ4v) is 1.20. The number of nitrogens with two attached hydrogens (primary N) is 1. The second-order valence-corrected chi connectivity index (χ2v) is 3.67. The van der Waals surface area contributed by atoms with Gasteiger partial charge in [-0.25, -0.2) is 13.6 Å². The van der Waals surface area contributed by atoms with Gasteiger partial charge in [0.25, 0.3) is 0 Å². The molecule has 0 aromatic carbocycles. The van der Waals surface area contributed by atoms with E-state index in [1.807, 2.05) is 0 Å². The molecule has 0 amide bonds. The standard InChI is InChI=1S/C6H11NO2S/c1-3-5-6(4-2)10(7,8)9/h3-4,6H,1-2,5H2,(H2,7,8,9). The summed E-state index contributed by atoms with van der Waals surface area (Å²) in [4.78, 5) is 0. The van der Waals surface area contributed by atoms with Gasteiger partial charge >= 0.3 is 0 Å². The Hall–Kier alpha value is -0.610. The molecule has 0 spiro atoms. The minimum atomic E-state index is -3.47. The zero-order chi connectivity index (χ0) is 8.20. The van der Waals surface area contributed by atoms with Crippen LogP contribution in [0.4, 0.5) is 0 Å². The molecule has 0 radical (unpaired) electrons. The van der Waals surface area contributed by atoms with Crippen LogP contribution in [0.1, 0.15) is 6.42 Å². The molecule has 1 atom stereocenters. The number of sulfonamides is 1. The van der Waals surface area contributed by atoms with Crippen molar-refractivity contribution in [3.8, 4) is 0 Å². The van der Waals surface area contributed by atoms with Crippen LogP contribution in [0.15, 0.2) is 25.3 Å². The van der Waals surface area contributed by atoms with Gasteiger partial charge in [-0.2, -0.15) is 0 Å². The highest BCUT2D eigenvalue weighted by atomic mass is 32.2. The zero-order valence-electron chi connectivity index (χ0n) is 5.66. The van der Waals surface area contributed by atoms with Gasteiger partial charge in [0.2, 0.25) is 10.0 Å². The Morgan fingerprint density at radius 1 is 1.50 bits per heavy atom. The maximum atomic E-state index is 10.6. The summed E-state index contributed by atoms with van der Waals surface area (Å²) in [5, 5.41) is 4.14. The van der Waals surface area contributed by atoms with Gasteiger partial charge in [-0.05, 0) is 6.42 Å². The topological polar surface area (TPSA) is 60.2 Å². The smallest absolute Gasteiger partial charge is 0.215 e. The van der Waals surface area contributed by atoms with Gasteiger partial charge in [0.05, 0.1) is 5.25 Å². The highest BCUT2D eigenvalue weighted by Gasteiger charge is 2.14. The molecule has 3 nitrogen and oxygen atoms in total. The van der Waals surface area contributed by atoms with Gasteiger partial charge in [-0.15, -0.1) is 13.2 Å². The van der Waals surface area contributed by atoms with Gasteiger partial charge in [0.15, 0.2) is 0 Å². The van der Waals surface area contributed by atoms with Crippen LogP contribution in [0.5, 0.6) is 0 Å². The lowest BCUT2D eigenvalue weighted by Crippen LogP contribution is -2.25. The van der Waals surface area contributed by atoms with Crippen LogP contribution in [0, 0.1) is 0 Å². The van der Waals surface area contributed by atoms with E-state index in [9.17, 15) is 8.42 Å². The summed E-state index contributed by atoms with van der Waals surface area (Å²) < 4.78 is 21.2. The molecule has 10 heavy (non-hydrogen) atoms. The molecule has 0 saturated carbocycles. The summed E-state index contributed by atoms with van der Waals surface area (Å²) >= 11 is 0. The predicted octanol–water partition coefficient (Wildman–Crippen LogP) is 0.406. The molecule has 0 aromatic rings. The molecule has 0 aromatic heterocycles. The molecule has 0 aliphatic heterocycles. The van der Waals surface area contributed by atoms with E-state index >= 15 is 0 Å². The number of allylic oxidation sites excluding steroid dienone is 1. The van der Waals surface area contributed by atoms with Crippen LogP contribution < -0.4 is 5.14 Å². The van der Waals surface area contributed by atoms with Crippen LogP contribution >= 0.6 is 0 Å². The highest BCUT2D eigenvalue weighted by molar-refractivity contribution is 7.89. The Morgan fingerprint density at radius 3 is 2.10 bits per heavy atom. The quantitative estimate of drug-likeness (QED) is 0.607. The SMILES string of the molecule is C=CCC(C=C)S(N)(=O)=O. The number of hydrogen-bond acceptors (Lipinski definition) is 2. The third kappa shape index (κ3) is 2.80. The Balaban J connectivity index is 4.36. The average Bonchev–Trinajstić information content (AvgIpc) is 1.80. The lowest BCUT2D eigenvalue weighted by molar-refractivity contribution is 0.590. The molecule has 0 bridgehead atoms. The molecule has 4 heteroatoms. The van der Waals surface area contributed by atoms with Gasteiger partial charge in [0.1, 0.15) is 0 Å². The van der Waals surface area contributed by atoms with E-state index in [0.29, 0.717) is 6.42 Å². The van der Waals surface area contributed by atoms with Crippen LogP contribution in [-0.4, -0.2) is 13.7 Å². The minimum Gasteiger partial charge on any atom is -0.228 e. The van der Waals surface area contributed by atoms with Crippen molar-refractivity contribution in [3.05, 3.63) is 25.3 Å². The third-order valence-electron chi connectivity index (χ3n) is 1.08. The summed E-state index contributed by atoms with van der Waals surface area (Å²) in [6, 6.07) is 0. The van der Waals surface area contributed by atoms with Crippen molar-refractivity contribution >= 4 is 10.0 Å². The van der Waals surface area contributed by atoms with Gasteiger partial charge in [0, 0.05) is 0 Å². The van der Waals surface area contributed by atoms with E-state index in [-0.39, 0.29) is 0 Å². The first-order valence-corrected chi connectivity index (χ1v) is 4.38. The summed E-state index contributed by atoms with van der Waals surface area (Å²) in [7, 11) is -3.47. The second kappa shape index (κ2) is 3.53. The zero-order valence-corrected chi connectivity index (χ0v) is 6.47. The summed E-state index contributed by atoms with van der Waals surface area (Å²) in [6.45, 7) is 6.73. The highest BCUT2D eigenvalue weighted by Crippen LogP contribution is 2.02. The van der Waals surface area contributed by atoms with Crippen LogP contribution in [0.25, 0.3) is 0 Å². The Bertz CT molecular complexity index is 218. The summed E-state index contributed by atoms with van der Waals surface area (Å²) in [5.74, 6) is 0. The Morgan fingerprint density at radius 2 is 2.00 bits per heavy atom. The summed E-state index contributed by atoms with van der Waals surface area (Å²) in [5.41, 5.74) is 0. The molecule has 0 saturated heterocycles. The second-order valence-electron chi connectivity index (χ2n) is 1.89. The first-order chi connectivity index (χ1) is 4.52. The Labute approximate surface area is 61.3 Å². The molecule has 0 aliphatic carbocycles. The molecule has 0 rings (SSSR count). The van der Waals surface area contributed by atoms with Crippen molar-refractivity contribution in [1.82, 2.24) is 0 Å². The normalized spacial score (nSPS) is 14.1. The minimum absolute atomic E-state index is 0.322. The maximum absolute atomic E-state index is 10.6. The maximum Gasteiger partial charge on any atom is 0.215 e. The lowest BCUT2D eigenvalue weighted by Gasteiger charge is -2.04. The van der Waals surface area contributed by atoms with E-state index in [2.05, 4.69) is 13.2 Å². The molecular formula is C6H11NO2S. The van der Waals surface area contributed by atoms with Crippen molar-refractivity contribution < 1.29 is 8.42 Å². The fourth-order valence-electron chi connectivity index (χ4n) is 0.529. The summed E-state index contributed by atoms with van der Waals surface area (Å²) in [6.07, 6.45) is 3.12. The molecule has 1 unspecified atom stereocenters. The largest absolute Gasteiger partial charge is 0.228 e. The molecule has 0 fully saturated rings.